The Morgan fingerprint density at radius 2 is 0.460 bits per heavy atom. The van der Waals surface area contributed by atoms with Gasteiger partial charge in [0.05, 0.1) is 0 Å². The molecule has 5 unspecified atom stereocenters. The normalized spacial score (nSPS) is 19.5. The maximum absolute atomic E-state index is 13.4. The first kappa shape index (κ1) is 73.3. The molecule has 0 aliphatic rings. The Morgan fingerprint density at radius 3 is 0.619 bits per heavy atom. The molecule has 0 aromatic carbocycles. The van der Waals surface area contributed by atoms with Crippen LogP contribution < -0.4 is 0 Å². The smallest absolute Gasteiger partial charge is 0.280 e. The summed E-state index contributed by atoms with van der Waals surface area (Å²) in [5.41, 5.74) is 0. The van der Waals surface area contributed by atoms with Crippen molar-refractivity contribution in [2.45, 2.75) is 95.8 Å². The molecule has 0 amide bonds. The highest BCUT2D eigenvalue weighted by atomic mass is 35.6. The van der Waals surface area contributed by atoms with E-state index in [4.69, 9.17) is 34.8 Å². The Hall–Kier alpha value is 3.81. The van der Waals surface area contributed by atoms with Crippen molar-refractivity contribution in [1.29, 1.82) is 0 Å². The van der Waals surface area contributed by atoms with Crippen LogP contribution >= 0.6 is 220 Å². The summed E-state index contributed by atoms with van der Waals surface area (Å²) in [6, 6.07) is 0. The zero-order valence-corrected chi connectivity index (χ0v) is 41.0. The van der Waals surface area contributed by atoms with Crippen LogP contribution in [0.25, 0.3) is 0 Å². The largest absolute Gasteiger partial charge is 0.438 e. The number of alkyl halides is 41. The van der Waals surface area contributed by atoms with E-state index in [2.05, 4.69) is 205 Å². The highest BCUT2D eigenvalue weighted by Gasteiger charge is 2.74. The minimum absolute atomic E-state index is 0.432. The summed E-state index contributed by atoms with van der Waals surface area (Å²) in [6.07, 6.45) is -15.5. The van der Waals surface area contributed by atoms with Gasteiger partial charge in [0.15, 0.2) is 0 Å². The predicted molar refractivity (Wildman–Crippen MR) is 192 cm³/mol. The topological polar surface area (TPSA) is 36.9 Å². The molecule has 0 heterocycles. The number of hydrogen-bond acceptors (Lipinski definition) is 4. The van der Waals surface area contributed by atoms with Gasteiger partial charge in [0.1, 0.15) is 0 Å². The monoisotopic (exact) mass is 1370 g/mol. The third-order valence-corrected chi connectivity index (χ3v) is 9.91. The summed E-state index contributed by atoms with van der Waals surface area (Å²) < 4.78 is 263. The first-order chi connectivity index (χ1) is 26.1. The molecular formula is C18H3Cl19F22O4. The van der Waals surface area contributed by atoms with Gasteiger partial charge in [-0.15, -0.1) is 0 Å². The Balaban J connectivity index is -0.000000370. The Bertz CT molecular complexity index is 1220. The molecule has 0 N–H and O–H groups in total. The summed E-state index contributed by atoms with van der Waals surface area (Å²) in [6.45, 7) is -0.432. The second-order valence-electron chi connectivity index (χ2n) is 9.49. The van der Waals surface area contributed by atoms with Gasteiger partial charge in [-0.25, -0.2) is 8.78 Å². The van der Waals surface area contributed by atoms with Crippen molar-refractivity contribution < 1.29 is 116 Å². The van der Waals surface area contributed by atoms with E-state index < -0.39 is 95.8 Å². The predicted octanol–water partition coefficient (Wildman–Crippen LogP) is 19.1. The number of ether oxygens (including phenoxy) is 4. The molecule has 0 aromatic heterocycles. The molecular weight excluding hydrogens is 1370 g/mol. The summed E-state index contributed by atoms with van der Waals surface area (Å²) in [5.74, 6) is -10.6. The Labute approximate surface area is 428 Å². The van der Waals surface area contributed by atoms with Crippen LogP contribution in [0.4, 0.5) is 96.6 Å². The second kappa shape index (κ2) is 22.9. The molecule has 4 nitrogen and oxygen atoms in total. The molecule has 0 aliphatic heterocycles. The van der Waals surface area contributed by atoms with E-state index in [1.54, 1.807) is 0 Å². The zero-order valence-electron chi connectivity index (χ0n) is 26.6. The maximum atomic E-state index is 13.4. The molecule has 0 bridgehead atoms. The molecule has 0 rings (SSSR count). The average Bonchev–Trinajstić information content (AvgIpc) is 2.86. The van der Waals surface area contributed by atoms with Crippen molar-refractivity contribution in [2.75, 3.05) is 0 Å². The molecule has 0 saturated carbocycles. The van der Waals surface area contributed by atoms with Crippen molar-refractivity contribution in [3.05, 3.63) is 0 Å². The standard InChI is InChI=1S/C6H3Cl4F7O.C4Cl6F4O.C4Cl5F5O.C4Cl4F6O/c1-2(11,12)3(13,5(9,15)16)18-6(10,17)4(7,8)14;5-1(6,7)4(13,14)15-3(10,12)2(8,9)11;5-1(6,10)3(9,12)15-4(13,14)2(7,8)11;5-1(6,9)3(8,12)15-4(13,14)2(7,10)11/h1H3;;;. The summed E-state index contributed by atoms with van der Waals surface area (Å²) in [5, 5.41) is -28.9. The van der Waals surface area contributed by atoms with E-state index in [0.717, 1.165) is 0 Å². The van der Waals surface area contributed by atoms with Crippen molar-refractivity contribution in [3.63, 3.8) is 0 Å². The molecule has 0 radical (unpaired) electrons. The molecule has 5 atom stereocenters. The van der Waals surface area contributed by atoms with Gasteiger partial charge in [-0.05, 0) is 69.6 Å². The third-order valence-electron chi connectivity index (χ3n) is 4.28. The van der Waals surface area contributed by atoms with Crippen molar-refractivity contribution in [1.82, 2.24) is 0 Å². The number of rotatable bonds is 16. The fourth-order valence-corrected chi connectivity index (χ4v) is 2.60. The van der Waals surface area contributed by atoms with Crippen LogP contribution in [-0.2, 0) is 18.9 Å². The van der Waals surface area contributed by atoms with Gasteiger partial charge in [0, 0.05) is 6.92 Å². The van der Waals surface area contributed by atoms with Crippen LogP contribution in [0.1, 0.15) is 6.92 Å². The molecule has 0 fully saturated rings. The van der Waals surface area contributed by atoms with Crippen molar-refractivity contribution in [2.24, 2.45) is 0 Å². The quantitative estimate of drug-likeness (QED) is 0.114. The van der Waals surface area contributed by atoms with E-state index in [0.29, 0.717) is 0 Å². The number of halogens is 41. The first-order valence-corrected chi connectivity index (χ1v) is 19.3. The van der Waals surface area contributed by atoms with Crippen molar-refractivity contribution >= 4 is 220 Å². The third kappa shape index (κ3) is 22.6. The van der Waals surface area contributed by atoms with Gasteiger partial charge in [-0.1, -0.05) is 151 Å². The molecule has 0 saturated heterocycles. The lowest BCUT2D eigenvalue weighted by Crippen LogP contribution is -2.60. The van der Waals surface area contributed by atoms with Gasteiger partial charge in [-0.3, -0.25) is 18.9 Å². The fraction of sp³-hybridized carbons (Fsp3) is 1.00. The highest BCUT2D eigenvalue weighted by Crippen LogP contribution is 2.56. The summed E-state index contributed by atoms with van der Waals surface area (Å²) in [7, 11) is 0. The molecule has 386 valence electrons. The van der Waals surface area contributed by atoms with Gasteiger partial charge in [-0.2, -0.15) is 87.8 Å². The van der Waals surface area contributed by atoms with Gasteiger partial charge in [0.2, 0.25) is 0 Å². The van der Waals surface area contributed by atoms with E-state index in [9.17, 15) is 96.6 Å². The Morgan fingerprint density at radius 1 is 0.254 bits per heavy atom. The molecule has 0 aliphatic carbocycles. The molecule has 0 spiro atoms. The number of hydrogen-bond donors (Lipinski definition) is 0. The van der Waals surface area contributed by atoms with Crippen molar-refractivity contribution in [3.8, 4) is 0 Å². The summed E-state index contributed by atoms with van der Waals surface area (Å²) in [4.78, 5) is 0. The maximum Gasteiger partial charge on any atom is 0.438 e. The minimum atomic E-state index is -5.60. The van der Waals surface area contributed by atoms with Crippen LogP contribution in [0.15, 0.2) is 0 Å². The molecule has 45 heteroatoms. The average molecular weight is 1370 g/mol. The highest BCUT2D eigenvalue weighted by molar-refractivity contribution is 6.68. The lowest BCUT2D eigenvalue weighted by Gasteiger charge is -2.38. The minimum Gasteiger partial charge on any atom is -0.280 e. The Kier molecular flexibility index (Phi) is 26.7. The SMILES string of the molecule is CC(F)(F)C(F)(OC(F)(Cl)C(F)(Cl)Cl)C(F)(F)Cl.FC(Cl)(Cl)C(F)(Cl)OC(F)(F)C(Cl)(Cl)Cl.FC(Cl)(Cl)C(F)(F)OC(F)(Cl)C(F)(Cl)Cl.FC(F)(Cl)C(F)(F)OC(F)(Cl)C(F)(Cl)Cl. The van der Waals surface area contributed by atoms with Crippen LogP contribution in [0.5, 0.6) is 0 Å². The van der Waals surface area contributed by atoms with Gasteiger partial charge < -0.3 is 0 Å². The molecule has 63 heavy (non-hydrogen) atoms. The van der Waals surface area contributed by atoms with Gasteiger partial charge in [0.25, 0.3) is 3.79 Å². The van der Waals surface area contributed by atoms with E-state index in [-0.39, 0.29) is 0 Å². The van der Waals surface area contributed by atoms with Crippen LogP contribution in [0, 0.1) is 0 Å². The first-order valence-electron chi connectivity index (χ1n) is 12.1. The molecule has 0 aromatic rings. The van der Waals surface area contributed by atoms with Crippen LogP contribution in [-0.4, -0.2) is 88.9 Å². The lowest BCUT2D eigenvalue weighted by atomic mass is 10.2. The van der Waals surface area contributed by atoms with Crippen LogP contribution in [0.3, 0.4) is 0 Å². The zero-order chi connectivity index (χ0) is 53.3. The van der Waals surface area contributed by atoms with E-state index in [1.165, 1.54) is 0 Å². The van der Waals surface area contributed by atoms with E-state index >= 15 is 0 Å². The van der Waals surface area contributed by atoms with E-state index in [1.807, 2.05) is 0 Å². The summed E-state index contributed by atoms with van der Waals surface area (Å²) >= 11 is 83.4. The van der Waals surface area contributed by atoms with Gasteiger partial charge >= 0.3 is 85.1 Å². The lowest BCUT2D eigenvalue weighted by molar-refractivity contribution is -0.376. The van der Waals surface area contributed by atoms with Crippen LogP contribution in [0.2, 0.25) is 0 Å². The second-order valence-corrected chi connectivity index (χ2v) is 20.8. The fourth-order valence-electron chi connectivity index (χ4n) is 1.46.